The molecule has 6 rings (SSSR count). The lowest BCUT2D eigenvalue weighted by atomic mass is 9.87. The number of hydrogen-bond donors (Lipinski definition) is 3. The predicted octanol–water partition coefficient (Wildman–Crippen LogP) is 2.43. The molecule has 14 heteroatoms. The third-order valence-electron chi connectivity index (χ3n) is 10.7. The molecule has 2 aliphatic carbocycles. The number of methoxy groups -OCH3 is 2. The number of fused-ring (bicyclic) bond motifs is 3. The van der Waals surface area contributed by atoms with Crippen LogP contribution in [0.5, 0.6) is 11.6 Å². The van der Waals surface area contributed by atoms with Crippen molar-refractivity contribution in [2.24, 2.45) is 23.5 Å². The number of aromatic nitrogens is 1. The van der Waals surface area contributed by atoms with Crippen molar-refractivity contribution in [3.8, 4) is 11.6 Å². The van der Waals surface area contributed by atoms with Crippen molar-refractivity contribution in [2.45, 2.75) is 87.3 Å². The molecular formula is C35H47N5O8S. The second kappa shape index (κ2) is 13.5. The monoisotopic (exact) mass is 697 g/mol. The number of allylic oxidation sites excluding steroid dienone is 1. The van der Waals surface area contributed by atoms with Crippen LogP contribution >= 0.6 is 0 Å². The normalized spacial score (nSPS) is 31.5. The lowest BCUT2D eigenvalue weighted by Gasteiger charge is -2.31. The van der Waals surface area contributed by atoms with E-state index < -0.39 is 62.1 Å². The fourth-order valence-corrected chi connectivity index (χ4v) is 8.51. The minimum atomic E-state index is -3.95. The maximum atomic E-state index is 14.2. The van der Waals surface area contributed by atoms with Crippen LogP contribution in [0, 0.1) is 17.8 Å². The largest absolute Gasteiger partial charge is 0.494 e. The number of benzene rings is 1. The van der Waals surface area contributed by atoms with Crippen LogP contribution in [-0.2, 0) is 29.1 Å². The van der Waals surface area contributed by atoms with E-state index >= 15 is 0 Å². The molecule has 2 aliphatic heterocycles. The summed E-state index contributed by atoms with van der Waals surface area (Å²) in [6.45, 7) is 4.03. The van der Waals surface area contributed by atoms with Crippen molar-refractivity contribution in [2.75, 3.05) is 27.4 Å². The Morgan fingerprint density at radius 1 is 1.16 bits per heavy atom. The fourth-order valence-electron chi connectivity index (χ4n) is 7.20. The van der Waals surface area contributed by atoms with E-state index in [1.165, 1.54) is 4.90 Å². The van der Waals surface area contributed by atoms with E-state index in [2.05, 4.69) is 21.9 Å². The van der Waals surface area contributed by atoms with Crippen molar-refractivity contribution in [1.29, 1.82) is 0 Å². The van der Waals surface area contributed by atoms with E-state index in [1.807, 2.05) is 36.4 Å². The van der Waals surface area contributed by atoms with Crippen molar-refractivity contribution >= 4 is 38.5 Å². The van der Waals surface area contributed by atoms with Crippen molar-refractivity contribution < 1.29 is 37.0 Å². The zero-order chi connectivity index (χ0) is 35.1. The highest BCUT2D eigenvalue weighted by Gasteiger charge is 2.63. The van der Waals surface area contributed by atoms with Gasteiger partial charge in [0.2, 0.25) is 27.7 Å². The Morgan fingerprint density at radius 3 is 2.59 bits per heavy atom. The van der Waals surface area contributed by atoms with Gasteiger partial charge < -0.3 is 30.2 Å². The number of amides is 3. The van der Waals surface area contributed by atoms with Gasteiger partial charge in [-0.3, -0.25) is 19.1 Å². The number of nitrogens with two attached hydrogens (primary N) is 1. The number of ether oxygens (including phenoxy) is 3. The summed E-state index contributed by atoms with van der Waals surface area (Å²) in [5.41, 5.74) is 5.20. The van der Waals surface area contributed by atoms with Crippen LogP contribution in [0.4, 0.5) is 0 Å². The van der Waals surface area contributed by atoms with Gasteiger partial charge >= 0.3 is 0 Å². The van der Waals surface area contributed by atoms with Crippen molar-refractivity contribution in [3.05, 3.63) is 42.6 Å². The molecule has 3 amide bonds. The summed E-state index contributed by atoms with van der Waals surface area (Å²) in [6.07, 6.45) is 8.23. The minimum Gasteiger partial charge on any atom is -0.494 e. The average molecular weight is 698 g/mol. The summed E-state index contributed by atoms with van der Waals surface area (Å²) in [5, 5.41) is 4.41. The molecule has 3 fully saturated rings. The average Bonchev–Trinajstić information content (AvgIpc) is 3.96. The van der Waals surface area contributed by atoms with Crippen molar-refractivity contribution in [1.82, 2.24) is 19.9 Å². The smallest absolute Gasteiger partial charge is 0.259 e. The number of sulfonamides is 1. The highest BCUT2D eigenvalue weighted by atomic mass is 32.2. The van der Waals surface area contributed by atoms with Gasteiger partial charge in [0.05, 0.1) is 37.2 Å². The van der Waals surface area contributed by atoms with Gasteiger partial charge in [-0.05, 0) is 57.4 Å². The Morgan fingerprint density at radius 2 is 1.90 bits per heavy atom. The Balaban J connectivity index is 1.32. The van der Waals surface area contributed by atoms with Gasteiger partial charge in [-0.15, -0.1) is 0 Å². The van der Waals surface area contributed by atoms with E-state index in [4.69, 9.17) is 19.9 Å². The topological polar surface area (TPSA) is 179 Å². The Labute approximate surface area is 287 Å². The number of rotatable bonds is 8. The molecule has 4 aliphatic rings. The van der Waals surface area contributed by atoms with Crippen LogP contribution in [0.25, 0.3) is 10.8 Å². The van der Waals surface area contributed by atoms with Crippen LogP contribution in [0.3, 0.4) is 0 Å². The van der Waals surface area contributed by atoms with E-state index in [-0.39, 0.29) is 37.8 Å². The second-order valence-corrected chi connectivity index (χ2v) is 16.6. The van der Waals surface area contributed by atoms with Gasteiger partial charge in [-0.1, -0.05) is 37.3 Å². The highest BCUT2D eigenvalue weighted by Crippen LogP contribution is 2.47. The third-order valence-corrected chi connectivity index (χ3v) is 12.9. The number of nitrogens with zero attached hydrogens (tertiary/aromatic N) is 2. The number of carbonyl (C=O) groups excluding carboxylic acids is 3. The van der Waals surface area contributed by atoms with Gasteiger partial charge in [-0.25, -0.2) is 13.4 Å². The minimum absolute atomic E-state index is 0.0528. The van der Waals surface area contributed by atoms with E-state index in [9.17, 15) is 22.8 Å². The summed E-state index contributed by atoms with van der Waals surface area (Å²) in [5.74, 6) is -1.35. The molecule has 1 aromatic carbocycles. The standard InChI is InChI=1S/C35H47N5O8S/c1-21-9-5-6-10-23-17-35(23,33(43)39-49(44,45)34(2)13-14-34)38-30(41)27-16-24(19-40(27)32(42)29(36)22(15-21)20-46-3)48-31-26-12-8-7-11-25(26)28(47-4)18-37-31/h6-8,10-12,18,21-24,27,29H,5,9,13-17,19-20,36H2,1-4H3,(H,38,41)(H,39,43)/t21?,22-,23+,24+,27-,29-,35+/m0/s1. The molecule has 1 unspecified atom stereocenters. The van der Waals surface area contributed by atoms with Crippen LogP contribution in [0.15, 0.2) is 42.6 Å². The van der Waals surface area contributed by atoms with Gasteiger partial charge in [0.15, 0.2) is 0 Å². The lowest BCUT2D eigenvalue weighted by molar-refractivity contribution is -0.141. The number of pyridine rings is 1. The van der Waals surface area contributed by atoms with Crippen LogP contribution < -0.4 is 25.2 Å². The second-order valence-electron chi connectivity index (χ2n) is 14.4. The summed E-state index contributed by atoms with van der Waals surface area (Å²) in [7, 11) is -0.819. The zero-order valence-corrected chi connectivity index (χ0v) is 29.3. The first-order valence-electron chi connectivity index (χ1n) is 17.0. The quantitative estimate of drug-likeness (QED) is 0.347. The van der Waals surface area contributed by atoms with E-state index in [0.717, 1.165) is 11.8 Å². The SMILES string of the molecule is COC[C@@H]1CC(C)CCC=C[C@@H]2C[C@@]2(C(=O)NS(=O)(=O)C2(C)CC2)NC(=O)[C@@H]2C[C@@H](Oc3ncc(OC)c4ccccc34)CN2C(=O)[C@H]1N. The molecular weight excluding hydrogens is 650 g/mol. The van der Waals surface area contributed by atoms with Crippen LogP contribution in [0.1, 0.15) is 58.8 Å². The third kappa shape index (κ3) is 6.87. The molecule has 1 aromatic heterocycles. The molecule has 0 bridgehead atoms. The molecule has 7 atom stereocenters. The number of hydrogen-bond acceptors (Lipinski definition) is 10. The first-order chi connectivity index (χ1) is 23.3. The molecule has 266 valence electrons. The molecule has 13 nitrogen and oxygen atoms in total. The fraction of sp³-hybridized carbons (Fsp3) is 0.600. The summed E-state index contributed by atoms with van der Waals surface area (Å²) in [4.78, 5) is 48.1. The molecule has 2 saturated carbocycles. The number of nitrogens with one attached hydrogen (secondary N) is 2. The molecule has 0 spiro atoms. The summed E-state index contributed by atoms with van der Waals surface area (Å²) < 4.78 is 44.8. The Hall–Kier alpha value is -3.75. The molecule has 49 heavy (non-hydrogen) atoms. The van der Waals surface area contributed by atoms with Gasteiger partial charge in [0.1, 0.15) is 23.4 Å². The van der Waals surface area contributed by atoms with Crippen LogP contribution in [-0.4, -0.2) is 91.9 Å². The van der Waals surface area contributed by atoms with Gasteiger partial charge in [-0.2, -0.15) is 0 Å². The summed E-state index contributed by atoms with van der Waals surface area (Å²) in [6, 6.07) is 5.50. The first-order valence-corrected chi connectivity index (χ1v) is 18.5. The first kappa shape index (κ1) is 35.1. The predicted molar refractivity (Wildman–Crippen MR) is 182 cm³/mol. The molecule has 4 N–H and O–H groups in total. The molecule has 0 radical (unpaired) electrons. The van der Waals surface area contributed by atoms with E-state index in [1.54, 1.807) is 27.3 Å². The Kier molecular flexibility index (Phi) is 9.68. The van der Waals surface area contributed by atoms with E-state index in [0.29, 0.717) is 42.7 Å². The highest BCUT2D eigenvalue weighted by molar-refractivity contribution is 7.91. The maximum Gasteiger partial charge on any atom is 0.259 e. The van der Waals surface area contributed by atoms with Gasteiger partial charge in [0.25, 0.3) is 5.91 Å². The Bertz CT molecular complexity index is 1750. The molecule has 3 heterocycles. The number of carbonyl (C=O) groups is 3. The lowest BCUT2D eigenvalue weighted by Crippen LogP contribution is -2.58. The van der Waals surface area contributed by atoms with Crippen LogP contribution in [0.2, 0.25) is 0 Å². The van der Waals surface area contributed by atoms with Crippen molar-refractivity contribution in [3.63, 3.8) is 0 Å². The zero-order valence-electron chi connectivity index (χ0n) is 28.5. The molecule has 1 saturated heterocycles. The summed E-state index contributed by atoms with van der Waals surface area (Å²) >= 11 is 0. The maximum absolute atomic E-state index is 14.2. The molecule has 2 aromatic rings. The van der Waals surface area contributed by atoms with Gasteiger partial charge in [0, 0.05) is 36.1 Å².